The summed E-state index contributed by atoms with van der Waals surface area (Å²) in [5.41, 5.74) is -0.149. The third-order valence-electron chi connectivity index (χ3n) is 3.22. The van der Waals surface area contributed by atoms with Crippen LogP contribution in [-0.4, -0.2) is 40.0 Å². The fourth-order valence-electron chi connectivity index (χ4n) is 2.20. The number of pyridine rings is 1. The van der Waals surface area contributed by atoms with Gasteiger partial charge in [-0.1, -0.05) is 13.0 Å². The molecule has 1 amide bonds. The number of nitrogens with zero attached hydrogens (tertiary/aromatic N) is 1. The summed E-state index contributed by atoms with van der Waals surface area (Å²) >= 11 is 0. The number of H-pyrrole nitrogens is 1. The van der Waals surface area contributed by atoms with Crippen LogP contribution in [0.15, 0.2) is 23.0 Å². The smallest absolute Gasteiger partial charge is 0.308 e. The second-order valence-corrected chi connectivity index (χ2v) is 4.56. The van der Waals surface area contributed by atoms with Crippen LogP contribution in [0.3, 0.4) is 0 Å². The van der Waals surface area contributed by atoms with E-state index in [-0.39, 0.29) is 29.6 Å². The molecule has 0 aromatic carbocycles. The van der Waals surface area contributed by atoms with Gasteiger partial charge in [0.05, 0.1) is 5.92 Å². The standard InChI is InChI=1S/C12H14N2O4/c1-7-5-14(6-8(7)12(17)18)11(16)9-3-2-4-10(15)13-9/h2-4,7-8H,5-6H2,1H3,(H,13,15)(H,17,18). The summed E-state index contributed by atoms with van der Waals surface area (Å²) in [6, 6.07) is 4.34. The largest absolute Gasteiger partial charge is 0.481 e. The topological polar surface area (TPSA) is 90.5 Å². The molecule has 2 rings (SSSR count). The van der Waals surface area contributed by atoms with Gasteiger partial charge < -0.3 is 15.0 Å². The van der Waals surface area contributed by atoms with Crippen molar-refractivity contribution in [3.8, 4) is 0 Å². The SMILES string of the molecule is CC1CN(C(=O)c2cccc(=O)[nH]2)CC1C(=O)O. The molecular weight excluding hydrogens is 236 g/mol. The van der Waals surface area contributed by atoms with E-state index in [1.165, 1.54) is 23.1 Å². The molecule has 0 saturated carbocycles. The van der Waals surface area contributed by atoms with Crippen molar-refractivity contribution in [2.24, 2.45) is 11.8 Å². The van der Waals surface area contributed by atoms with Crippen LogP contribution in [0.2, 0.25) is 0 Å². The van der Waals surface area contributed by atoms with Crippen molar-refractivity contribution in [3.05, 3.63) is 34.2 Å². The molecule has 2 unspecified atom stereocenters. The van der Waals surface area contributed by atoms with Gasteiger partial charge in [-0.25, -0.2) is 0 Å². The normalized spacial score (nSPS) is 23.1. The van der Waals surface area contributed by atoms with Crippen LogP contribution in [0.25, 0.3) is 0 Å². The lowest BCUT2D eigenvalue weighted by Gasteiger charge is -2.15. The van der Waals surface area contributed by atoms with Crippen molar-refractivity contribution in [1.29, 1.82) is 0 Å². The maximum Gasteiger partial charge on any atom is 0.308 e. The maximum atomic E-state index is 12.1. The van der Waals surface area contributed by atoms with Gasteiger partial charge in [0.25, 0.3) is 5.91 Å². The van der Waals surface area contributed by atoms with Crippen molar-refractivity contribution in [2.75, 3.05) is 13.1 Å². The zero-order chi connectivity index (χ0) is 13.3. The third kappa shape index (κ3) is 2.27. The fourth-order valence-corrected chi connectivity index (χ4v) is 2.20. The van der Waals surface area contributed by atoms with Crippen LogP contribution in [0.1, 0.15) is 17.4 Å². The Kier molecular flexibility index (Phi) is 3.18. The third-order valence-corrected chi connectivity index (χ3v) is 3.22. The summed E-state index contributed by atoms with van der Waals surface area (Å²) in [5.74, 6) is -1.84. The van der Waals surface area contributed by atoms with E-state index < -0.39 is 11.9 Å². The summed E-state index contributed by atoms with van der Waals surface area (Å²) in [5, 5.41) is 9.00. The highest BCUT2D eigenvalue weighted by atomic mass is 16.4. The number of carboxylic acids is 1. The van der Waals surface area contributed by atoms with E-state index >= 15 is 0 Å². The number of carbonyl (C=O) groups is 2. The number of likely N-dealkylation sites (tertiary alicyclic amines) is 1. The van der Waals surface area contributed by atoms with E-state index in [0.29, 0.717) is 6.54 Å². The minimum absolute atomic E-state index is 0.0816. The maximum absolute atomic E-state index is 12.1. The van der Waals surface area contributed by atoms with Crippen LogP contribution in [-0.2, 0) is 4.79 Å². The highest BCUT2D eigenvalue weighted by molar-refractivity contribution is 5.92. The lowest BCUT2D eigenvalue weighted by atomic mass is 9.99. The van der Waals surface area contributed by atoms with E-state index in [4.69, 9.17) is 5.11 Å². The summed E-state index contributed by atoms with van der Waals surface area (Å²) in [7, 11) is 0. The Labute approximate surface area is 103 Å². The Morgan fingerprint density at radius 2 is 2.11 bits per heavy atom. The Morgan fingerprint density at radius 3 is 2.67 bits per heavy atom. The van der Waals surface area contributed by atoms with Gasteiger partial charge in [0, 0.05) is 19.2 Å². The van der Waals surface area contributed by atoms with Gasteiger partial charge >= 0.3 is 5.97 Å². The van der Waals surface area contributed by atoms with E-state index in [1.54, 1.807) is 6.92 Å². The average molecular weight is 250 g/mol. The molecular formula is C12H14N2O4. The van der Waals surface area contributed by atoms with Crippen LogP contribution >= 0.6 is 0 Å². The molecule has 1 saturated heterocycles. The van der Waals surface area contributed by atoms with Crippen LogP contribution < -0.4 is 5.56 Å². The predicted molar refractivity (Wildman–Crippen MR) is 63.3 cm³/mol. The summed E-state index contributed by atoms with van der Waals surface area (Å²) in [6.07, 6.45) is 0. The van der Waals surface area contributed by atoms with Gasteiger partial charge in [0.1, 0.15) is 5.69 Å². The molecule has 1 aromatic heterocycles. The number of amides is 1. The lowest BCUT2D eigenvalue weighted by Crippen LogP contribution is -2.31. The van der Waals surface area contributed by atoms with Gasteiger partial charge in [-0.05, 0) is 12.0 Å². The summed E-state index contributed by atoms with van der Waals surface area (Å²) in [6.45, 7) is 2.39. The number of carboxylic acid groups (broad SMARTS) is 1. The van der Waals surface area contributed by atoms with Crippen molar-refractivity contribution >= 4 is 11.9 Å². The van der Waals surface area contributed by atoms with E-state index in [9.17, 15) is 14.4 Å². The second-order valence-electron chi connectivity index (χ2n) is 4.56. The Balaban J connectivity index is 2.17. The number of rotatable bonds is 2. The number of nitrogens with one attached hydrogen (secondary N) is 1. The number of hydrogen-bond donors (Lipinski definition) is 2. The first-order valence-electron chi connectivity index (χ1n) is 5.70. The fraction of sp³-hybridized carbons (Fsp3) is 0.417. The highest BCUT2D eigenvalue weighted by Gasteiger charge is 2.37. The predicted octanol–water partition coefficient (Wildman–Crippen LogP) is 0.168. The molecule has 1 aliphatic rings. The Morgan fingerprint density at radius 1 is 1.39 bits per heavy atom. The average Bonchev–Trinajstić information content (AvgIpc) is 2.70. The molecule has 1 fully saturated rings. The molecule has 1 aliphatic heterocycles. The van der Waals surface area contributed by atoms with Crippen molar-refractivity contribution in [1.82, 2.24) is 9.88 Å². The van der Waals surface area contributed by atoms with E-state index in [2.05, 4.69) is 4.98 Å². The number of aliphatic carboxylic acids is 1. The number of aromatic amines is 1. The zero-order valence-corrected chi connectivity index (χ0v) is 9.92. The molecule has 0 radical (unpaired) electrons. The van der Waals surface area contributed by atoms with Crippen LogP contribution in [0.5, 0.6) is 0 Å². The van der Waals surface area contributed by atoms with Crippen molar-refractivity contribution < 1.29 is 14.7 Å². The second kappa shape index (κ2) is 4.64. The number of aromatic nitrogens is 1. The summed E-state index contributed by atoms with van der Waals surface area (Å²) in [4.78, 5) is 38.1. The molecule has 6 nitrogen and oxygen atoms in total. The Bertz CT molecular complexity index is 537. The van der Waals surface area contributed by atoms with Gasteiger partial charge in [0.15, 0.2) is 0 Å². The molecule has 96 valence electrons. The van der Waals surface area contributed by atoms with E-state index in [1.807, 2.05) is 0 Å². The number of carbonyl (C=O) groups excluding carboxylic acids is 1. The monoisotopic (exact) mass is 250 g/mol. The van der Waals surface area contributed by atoms with Crippen molar-refractivity contribution in [2.45, 2.75) is 6.92 Å². The van der Waals surface area contributed by atoms with E-state index in [0.717, 1.165) is 0 Å². The van der Waals surface area contributed by atoms with Gasteiger partial charge in [-0.15, -0.1) is 0 Å². The molecule has 0 bridgehead atoms. The molecule has 2 N–H and O–H groups in total. The molecule has 2 heterocycles. The first-order valence-corrected chi connectivity index (χ1v) is 5.70. The molecule has 0 spiro atoms. The minimum atomic E-state index is -0.889. The van der Waals surface area contributed by atoms with Gasteiger partial charge in [0.2, 0.25) is 5.56 Å². The highest BCUT2D eigenvalue weighted by Crippen LogP contribution is 2.24. The van der Waals surface area contributed by atoms with Crippen LogP contribution in [0.4, 0.5) is 0 Å². The summed E-state index contributed by atoms with van der Waals surface area (Å²) < 4.78 is 0. The molecule has 6 heteroatoms. The van der Waals surface area contributed by atoms with Crippen molar-refractivity contribution in [3.63, 3.8) is 0 Å². The van der Waals surface area contributed by atoms with Crippen LogP contribution in [0, 0.1) is 11.8 Å². The minimum Gasteiger partial charge on any atom is -0.481 e. The molecule has 1 aromatic rings. The number of hydrogen-bond acceptors (Lipinski definition) is 3. The first kappa shape index (κ1) is 12.3. The van der Waals surface area contributed by atoms with Gasteiger partial charge in [-0.3, -0.25) is 14.4 Å². The quantitative estimate of drug-likeness (QED) is 0.782. The molecule has 0 aliphatic carbocycles. The molecule has 18 heavy (non-hydrogen) atoms. The molecule has 2 atom stereocenters. The Hall–Kier alpha value is -2.11. The zero-order valence-electron chi connectivity index (χ0n) is 9.92. The first-order chi connectivity index (χ1) is 8.49. The lowest BCUT2D eigenvalue weighted by molar-refractivity contribution is -0.142. The van der Waals surface area contributed by atoms with Gasteiger partial charge in [-0.2, -0.15) is 0 Å².